The zero-order valence-corrected chi connectivity index (χ0v) is 15.6. The van der Waals surface area contributed by atoms with Crippen LogP contribution in [0, 0.1) is 0 Å². The van der Waals surface area contributed by atoms with Gasteiger partial charge in [-0.25, -0.2) is 0 Å². The molecule has 4 nitrogen and oxygen atoms in total. The number of carbonyl (C=O) groups excluding carboxylic acids is 1. The number of carbonyl (C=O) groups is 1. The van der Waals surface area contributed by atoms with Crippen LogP contribution < -0.4 is 5.32 Å². The highest BCUT2D eigenvalue weighted by molar-refractivity contribution is 5.78. The van der Waals surface area contributed by atoms with Gasteiger partial charge in [0, 0.05) is 26.2 Å². The van der Waals surface area contributed by atoms with Crippen molar-refractivity contribution in [2.24, 2.45) is 0 Å². The van der Waals surface area contributed by atoms with Gasteiger partial charge in [0.1, 0.15) is 0 Å². The first-order valence-corrected chi connectivity index (χ1v) is 8.46. The molecule has 0 saturated carbocycles. The van der Waals surface area contributed by atoms with Crippen LogP contribution in [0.2, 0.25) is 0 Å². The lowest BCUT2D eigenvalue weighted by Crippen LogP contribution is -2.41. The Balaban J connectivity index is 2.42. The lowest BCUT2D eigenvalue weighted by Gasteiger charge is -2.23. The molecule has 1 N–H and O–H groups in total. The monoisotopic (exact) mass is 319 g/mol. The minimum absolute atomic E-state index is 0.167. The second kappa shape index (κ2) is 9.04. The first-order valence-electron chi connectivity index (χ1n) is 8.46. The highest BCUT2D eigenvalue weighted by atomic mass is 16.2. The molecule has 0 aliphatic rings. The van der Waals surface area contributed by atoms with Gasteiger partial charge in [-0.15, -0.1) is 0 Å². The number of rotatable bonds is 8. The molecule has 1 rings (SSSR count). The molecule has 0 aliphatic carbocycles. The number of nitrogens with zero attached hydrogens (tertiary/aromatic N) is 2. The fraction of sp³-hybridized carbons (Fsp3) is 0.632. The Morgan fingerprint density at radius 1 is 1.09 bits per heavy atom. The predicted molar refractivity (Wildman–Crippen MR) is 97.7 cm³/mol. The van der Waals surface area contributed by atoms with Crippen molar-refractivity contribution in [1.29, 1.82) is 0 Å². The SMILES string of the molecule is CCN(CCN(C)C)C(=O)CNCc1ccc(C(C)(C)C)cc1. The summed E-state index contributed by atoms with van der Waals surface area (Å²) < 4.78 is 0. The number of hydrogen-bond acceptors (Lipinski definition) is 3. The quantitative estimate of drug-likeness (QED) is 0.799. The first kappa shape index (κ1) is 19.7. The minimum atomic E-state index is 0.167. The zero-order chi connectivity index (χ0) is 17.5. The summed E-state index contributed by atoms with van der Waals surface area (Å²) in [6.45, 7) is 12.2. The molecule has 0 fully saturated rings. The Labute approximate surface area is 141 Å². The minimum Gasteiger partial charge on any atom is -0.341 e. The summed E-state index contributed by atoms with van der Waals surface area (Å²) in [6.07, 6.45) is 0. The molecule has 1 aromatic carbocycles. The molecule has 0 saturated heterocycles. The lowest BCUT2D eigenvalue weighted by atomic mass is 9.87. The van der Waals surface area contributed by atoms with E-state index in [-0.39, 0.29) is 11.3 Å². The molecule has 0 spiro atoms. The van der Waals surface area contributed by atoms with Gasteiger partial charge in [0.05, 0.1) is 6.54 Å². The fourth-order valence-electron chi connectivity index (χ4n) is 2.33. The fourth-order valence-corrected chi connectivity index (χ4v) is 2.33. The Bertz CT molecular complexity index is 474. The Kier molecular flexibility index (Phi) is 7.73. The first-order chi connectivity index (χ1) is 10.7. The van der Waals surface area contributed by atoms with Crippen LogP contribution in [0.5, 0.6) is 0 Å². The van der Waals surface area contributed by atoms with Crippen LogP contribution in [0.4, 0.5) is 0 Å². The molecular formula is C19H33N3O. The standard InChI is InChI=1S/C19H33N3O/c1-7-22(13-12-21(5)6)18(23)15-20-14-16-8-10-17(11-9-16)19(2,3)4/h8-11,20H,7,12-15H2,1-6H3. The molecule has 0 heterocycles. The van der Waals surface area contributed by atoms with E-state index in [4.69, 9.17) is 0 Å². The highest BCUT2D eigenvalue weighted by Gasteiger charge is 2.13. The summed E-state index contributed by atoms with van der Waals surface area (Å²) in [7, 11) is 4.05. The van der Waals surface area contributed by atoms with Gasteiger partial charge in [0.25, 0.3) is 0 Å². The van der Waals surface area contributed by atoms with Gasteiger partial charge >= 0.3 is 0 Å². The van der Waals surface area contributed by atoms with Crippen LogP contribution >= 0.6 is 0 Å². The molecule has 130 valence electrons. The van der Waals surface area contributed by atoms with Crippen molar-refractivity contribution < 1.29 is 4.79 Å². The second-order valence-electron chi connectivity index (χ2n) is 7.33. The number of likely N-dealkylation sites (N-methyl/N-ethyl adjacent to an activating group) is 2. The van der Waals surface area contributed by atoms with Crippen molar-refractivity contribution in [1.82, 2.24) is 15.1 Å². The van der Waals surface area contributed by atoms with Crippen LogP contribution in [0.1, 0.15) is 38.8 Å². The highest BCUT2D eigenvalue weighted by Crippen LogP contribution is 2.22. The van der Waals surface area contributed by atoms with Crippen LogP contribution in [0.3, 0.4) is 0 Å². The van der Waals surface area contributed by atoms with Gasteiger partial charge < -0.3 is 15.1 Å². The molecular weight excluding hydrogens is 286 g/mol. The molecule has 0 aliphatic heterocycles. The third-order valence-corrected chi connectivity index (χ3v) is 3.98. The molecule has 0 radical (unpaired) electrons. The molecule has 23 heavy (non-hydrogen) atoms. The largest absolute Gasteiger partial charge is 0.341 e. The normalized spacial score (nSPS) is 11.8. The summed E-state index contributed by atoms with van der Waals surface area (Å²) in [6, 6.07) is 8.63. The zero-order valence-electron chi connectivity index (χ0n) is 15.6. The molecule has 1 amide bonds. The maximum Gasteiger partial charge on any atom is 0.236 e. The Hall–Kier alpha value is -1.39. The van der Waals surface area contributed by atoms with E-state index in [0.717, 1.165) is 26.2 Å². The second-order valence-corrected chi connectivity index (χ2v) is 7.33. The van der Waals surface area contributed by atoms with Crippen molar-refractivity contribution in [3.63, 3.8) is 0 Å². The van der Waals surface area contributed by atoms with Gasteiger partial charge in [-0.3, -0.25) is 4.79 Å². The number of benzene rings is 1. The van der Waals surface area contributed by atoms with Crippen molar-refractivity contribution in [3.05, 3.63) is 35.4 Å². The third-order valence-electron chi connectivity index (χ3n) is 3.98. The van der Waals surface area contributed by atoms with Gasteiger partial charge in [0.15, 0.2) is 0 Å². The summed E-state index contributed by atoms with van der Waals surface area (Å²) in [4.78, 5) is 16.2. The van der Waals surface area contributed by atoms with E-state index in [9.17, 15) is 4.79 Å². The van der Waals surface area contributed by atoms with Gasteiger partial charge in [0.2, 0.25) is 5.91 Å². The van der Waals surface area contributed by atoms with E-state index in [0.29, 0.717) is 6.54 Å². The van der Waals surface area contributed by atoms with Crippen molar-refractivity contribution >= 4 is 5.91 Å². The van der Waals surface area contributed by atoms with E-state index in [1.54, 1.807) is 0 Å². The molecule has 0 atom stereocenters. The molecule has 0 unspecified atom stereocenters. The topological polar surface area (TPSA) is 35.6 Å². The van der Waals surface area contributed by atoms with Crippen molar-refractivity contribution in [3.8, 4) is 0 Å². The number of amides is 1. The summed E-state index contributed by atoms with van der Waals surface area (Å²) in [5.74, 6) is 0.167. The van der Waals surface area contributed by atoms with Crippen LogP contribution in [-0.2, 0) is 16.8 Å². The Morgan fingerprint density at radius 2 is 1.70 bits per heavy atom. The maximum absolute atomic E-state index is 12.2. The third kappa shape index (κ3) is 7.14. The number of nitrogens with one attached hydrogen (secondary N) is 1. The van der Waals surface area contributed by atoms with E-state index >= 15 is 0 Å². The Morgan fingerprint density at radius 3 is 2.17 bits per heavy atom. The van der Waals surface area contributed by atoms with Crippen molar-refractivity contribution in [2.45, 2.75) is 39.7 Å². The van der Waals surface area contributed by atoms with Crippen LogP contribution in [0.15, 0.2) is 24.3 Å². The molecule has 1 aromatic rings. The van der Waals surface area contributed by atoms with Crippen LogP contribution in [0.25, 0.3) is 0 Å². The van der Waals surface area contributed by atoms with Crippen LogP contribution in [-0.4, -0.2) is 56.0 Å². The van der Waals surface area contributed by atoms with E-state index in [1.165, 1.54) is 11.1 Å². The van der Waals surface area contributed by atoms with Gasteiger partial charge in [-0.1, -0.05) is 45.0 Å². The number of hydrogen-bond donors (Lipinski definition) is 1. The van der Waals surface area contributed by atoms with Gasteiger partial charge in [-0.05, 0) is 37.6 Å². The molecule has 4 heteroatoms. The summed E-state index contributed by atoms with van der Waals surface area (Å²) in [5.41, 5.74) is 2.72. The average Bonchev–Trinajstić information content (AvgIpc) is 2.47. The summed E-state index contributed by atoms with van der Waals surface area (Å²) in [5, 5.41) is 3.26. The predicted octanol–water partition coefficient (Wildman–Crippen LogP) is 2.48. The van der Waals surface area contributed by atoms with E-state index in [1.807, 2.05) is 25.9 Å². The van der Waals surface area contributed by atoms with E-state index < -0.39 is 0 Å². The average molecular weight is 319 g/mol. The van der Waals surface area contributed by atoms with Crippen molar-refractivity contribution in [2.75, 3.05) is 40.3 Å². The smallest absolute Gasteiger partial charge is 0.236 e. The van der Waals surface area contributed by atoms with E-state index in [2.05, 4.69) is 55.3 Å². The molecule has 0 bridgehead atoms. The molecule has 0 aromatic heterocycles. The summed E-state index contributed by atoms with van der Waals surface area (Å²) >= 11 is 0. The lowest BCUT2D eigenvalue weighted by molar-refractivity contribution is -0.130. The maximum atomic E-state index is 12.2. The van der Waals surface area contributed by atoms with Gasteiger partial charge in [-0.2, -0.15) is 0 Å².